The van der Waals surface area contributed by atoms with Crippen LogP contribution in [0.5, 0.6) is 5.75 Å². The van der Waals surface area contributed by atoms with Crippen molar-refractivity contribution in [2.24, 2.45) is 0 Å². The first-order valence-corrected chi connectivity index (χ1v) is 12.4. The molecular formula is C21H18FNO4S3. The molecule has 4 rings (SSSR count). The Bertz CT molecular complexity index is 1340. The van der Waals surface area contributed by atoms with Gasteiger partial charge < -0.3 is 9.29 Å². The van der Waals surface area contributed by atoms with Gasteiger partial charge in [-0.05, 0) is 35.2 Å². The number of ether oxygens (including phenoxy) is 1. The SMILES string of the molecule is COc1cc2sc(/C=C/c3ccc(F)cc3)[n+](CCCS(=O)(=O)[O-])c2c2sccc12. The Balaban J connectivity index is 1.82. The van der Waals surface area contributed by atoms with E-state index >= 15 is 0 Å². The molecule has 0 aliphatic carbocycles. The molecule has 0 radical (unpaired) electrons. The molecule has 9 heteroatoms. The molecule has 30 heavy (non-hydrogen) atoms. The van der Waals surface area contributed by atoms with E-state index in [0.717, 1.165) is 36.6 Å². The maximum absolute atomic E-state index is 13.2. The molecule has 156 valence electrons. The van der Waals surface area contributed by atoms with Gasteiger partial charge in [0.05, 0.1) is 17.2 Å². The van der Waals surface area contributed by atoms with E-state index in [1.165, 1.54) is 12.1 Å². The molecule has 4 aromatic rings. The minimum Gasteiger partial charge on any atom is -0.748 e. The van der Waals surface area contributed by atoms with Crippen molar-refractivity contribution in [3.8, 4) is 5.75 Å². The van der Waals surface area contributed by atoms with E-state index < -0.39 is 15.9 Å². The average molecular weight is 464 g/mol. The van der Waals surface area contributed by atoms with Gasteiger partial charge in [-0.2, -0.15) is 4.57 Å². The number of benzene rings is 2. The van der Waals surface area contributed by atoms with Crippen molar-refractivity contribution in [1.29, 1.82) is 0 Å². The molecule has 0 aliphatic heterocycles. The first-order chi connectivity index (χ1) is 14.4. The summed E-state index contributed by atoms with van der Waals surface area (Å²) in [5, 5.41) is 3.89. The Morgan fingerprint density at radius 2 is 1.97 bits per heavy atom. The molecule has 0 unspecified atom stereocenters. The number of thiophene rings is 1. The van der Waals surface area contributed by atoms with Gasteiger partial charge in [-0.1, -0.05) is 23.5 Å². The summed E-state index contributed by atoms with van der Waals surface area (Å²) in [6.45, 7) is 0.393. The zero-order valence-electron chi connectivity index (χ0n) is 16.0. The second-order valence-electron chi connectivity index (χ2n) is 6.68. The van der Waals surface area contributed by atoms with Gasteiger partial charge in [0.1, 0.15) is 21.0 Å². The van der Waals surface area contributed by atoms with Gasteiger partial charge in [0.15, 0.2) is 6.54 Å². The fourth-order valence-corrected chi connectivity index (χ4v) is 5.97. The van der Waals surface area contributed by atoms with E-state index in [2.05, 4.69) is 0 Å². The van der Waals surface area contributed by atoms with E-state index in [4.69, 9.17) is 4.74 Å². The summed E-state index contributed by atoms with van der Waals surface area (Å²) in [4.78, 5) is 0. The summed E-state index contributed by atoms with van der Waals surface area (Å²) in [5.41, 5.74) is 1.84. The highest BCUT2D eigenvalue weighted by Crippen LogP contribution is 2.38. The molecule has 0 spiro atoms. The molecular weight excluding hydrogens is 445 g/mol. The van der Waals surface area contributed by atoms with Crippen LogP contribution in [0, 0.1) is 5.82 Å². The highest BCUT2D eigenvalue weighted by atomic mass is 32.2. The first kappa shape index (κ1) is 20.9. The summed E-state index contributed by atoms with van der Waals surface area (Å²) < 4.78 is 56.0. The largest absolute Gasteiger partial charge is 0.748 e. The van der Waals surface area contributed by atoms with E-state index in [1.54, 1.807) is 41.9 Å². The van der Waals surface area contributed by atoms with Crippen LogP contribution < -0.4 is 9.30 Å². The number of nitrogens with zero attached hydrogens (tertiary/aromatic N) is 1. The Morgan fingerprint density at radius 1 is 1.20 bits per heavy atom. The van der Waals surface area contributed by atoms with Crippen LogP contribution >= 0.6 is 22.7 Å². The van der Waals surface area contributed by atoms with Gasteiger partial charge in [0.25, 0.3) is 5.01 Å². The van der Waals surface area contributed by atoms with Crippen LogP contribution in [-0.4, -0.2) is 25.8 Å². The lowest BCUT2D eigenvalue weighted by molar-refractivity contribution is -0.667. The van der Waals surface area contributed by atoms with Crippen LogP contribution in [0.25, 0.3) is 32.5 Å². The van der Waals surface area contributed by atoms with Crippen molar-refractivity contribution < 1.29 is 26.7 Å². The third-order valence-corrected chi connectivity index (χ3v) is 7.48. The second kappa shape index (κ2) is 8.43. The van der Waals surface area contributed by atoms with Crippen LogP contribution in [0.2, 0.25) is 0 Å². The number of halogens is 1. The molecule has 0 aliphatic rings. The number of thiazole rings is 1. The summed E-state index contributed by atoms with van der Waals surface area (Å²) in [7, 11) is -2.64. The number of hydrogen-bond donors (Lipinski definition) is 0. The van der Waals surface area contributed by atoms with Gasteiger partial charge in [0.2, 0.25) is 5.52 Å². The van der Waals surface area contributed by atoms with E-state index in [0.29, 0.717) is 6.54 Å². The molecule has 0 saturated heterocycles. The van der Waals surface area contributed by atoms with Crippen LogP contribution in [0.3, 0.4) is 0 Å². The molecule has 0 amide bonds. The lowest BCUT2D eigenvalue weighted by atomic mass is 10.2. The number of hydrogen-bond acceptors (Lipinski definition) is 6. The third kappa shape index (κ3) is 4.39. The van der Waals surface area contributed by atoms with E-state index in [-0.39, 0.29) is 12.2 Å². The van der Waals surface area contributed by atoms with Crippen molar-refractivity contribution in [1.82, 2.24) is 0 Å². The smallest absolute Gasteiger partial charge is 0.262 e. The fraction of sp³-hybridized carbons (Fsp3) is 0.190. The molecule has 0 N–H and O–H groups in total. The Morgan fingerprint density at radius 3 is 2.67 bits per heavy atom. The summed E-state index contributed by atoms with van der Waals surface area (Å²) in [6, 6.07) is 10.2. The normalized spacial score (nSPS) is 12.4. The lowest BCUT2D eigenvalue weighted by Crippen LogP contribution is -2.36. The predicted octanol–water partition coefficient (Wildman–Crippen LogP) is 4.66. The van der Waals surface area contributed by atoms with Gasteiger partial charge in [0, 0.05) is 29.7 Å². The molecule has 2 aromatic heterocycles. The number of fused-ring (bicyclic) bond motifs is 3. The fourth-order valence-electron chi connectivity index (χ4n) is 3.33. The number of methoxy groups -OCH3 is 1. The Hall–Kier alpha value is -2.33. The van der Waals surface area contributed by atoms with Gasteiger partial charge >= 0.3 is 0 Å². The topological polar surface area (TPSA) is 70.3 Å². The van der Waals surface area contributed by atoms with Crippen LogP contribution in [0.15, 0.2) is 41.8 Å². The van der Waals surface area contributed by atoms with Crippen LogP contribution in [-0.2, 0) is 16.7 Å². The minimum atomic E-state index is -4.28. The summed E-state index contributed by atoms with van der Waals surface area (Å²) >= 11 is 3.14. The highest BCUT2D eigenvalue weighted by Gasteiger charge is 2.24. The van der Waals surface area contributed by atoms with Crippen LogP contribution in [0.1, 0.15) is 17.0 Å². The van der Waals surface area contributed by atoms with Crippen molar-refractivity contribution in [3.05, 3.63) is 58.2 Å². The zero-order chi connectivity index (χ0) is 21.3. The number of rotatable bonds is 7. The molecule has 0 saturated carbocycles. The standard InChI is InChI=1S/C21H18FNO4S3/c1-27-17-13-18-20(21-16(17)9-11-28-21)23(10-2-12-30(24,25)26)19(29-18)8-5-14-3-6-15(22)7-4-14/h3-9,11,13H,2,10,12H2,1H3/b8-5+. The van der Waals surface area contributed by atoms with Crippen molar-refractivity contribution >= 4 is 65.2 Å². The monoisotopic (exact) mass is 463 g/mol. The minimum absolute atomic E-state index is 0.221. The average Bonchev–Trinajstić information content (AvgIpc) is 3.30. The van der Waals surface area contributed by atoms with Crippen LogP contribution in [0.4, 0.5) is 4.39 Å². The maximum atomic E-state index is 13.2. The van der Waals surface area contributed by atoms with E-state index in [1.807, 2.05) is 34.2 Å². The summed E-state index contributed by atoms with van der Waals surface area (Å²) in [5.74, 6) is 0.0702. The maximum Gasteiger partial charge on any atom is 0.262 e. The van der Waals surface area contributed by atoms with Crippen molar-refractivity contribution in [2.75, 3.05) is 12.9 Å². The molecule has 0 bridgehead atoms. The van der Waals surface area contributed by atoms with Crippen molar-refractivity contribution in [2.45, 2.75) is 13.0 Å². The zero-order valence-corrected chi connectivity index (χ0v) is 18.4. The Labute approximate surface area is 181 Å². The second-order valence-corrected chi connectivity index (χ2v) is 10.2. The quantitative estimate of drug-likeness (QED) is 0.295. The number of aromatic nitrogens is 1. The van der Waals surface area contributed by atoms with Crippen molar-refractivity contribution in [3.63, 3.8) is 0 Å². The molecule has 0 atom stereocenters. The third-order valence-electron chi connectivity index (χ3n) is 4.68. The summed E-state index contributed by atoms with van der Waals surface area (Å²) in [6.07, 6.45) is 4.03. The van der Waals surface area contributed by atoms with Gasteiger partial charge in [-0.15, -0.1) is 11.3 Å². The van der Waals surface area contributed by atoms with E-state index in [9.17, 15) is 17.4 Å². The molecule has 2 aromatic carbocycles. The lowest BCUT2D eigenvalue weighted by Gasteiger charge is -2.05. The molecule has 5 nitrogen and oxygen atoms in total. The Kier molecular flexibility index (Phi) is 5.88. The molecule has 0 fully saturated rings. The number of aryl methyl sites for hydroxylation is 1. The van der Waals surface area contributed by atoms with Gasteiger partial charge in [-0.3, -0.25) is 0 Å². The van der Waals surface area contributed by atoms with Gasteiger partial charge in [-0.25, -0.2) is 12.8 Å². The first-order valence-electron chi connectivity index (χ1n) is 9.13. The highest BCUT2D eigenvalue weighted by molar-refractivity contribution is 7.85. The predicted molar refractivity (Wildman–Crippen MR) is 118 cm³/mol. The molecule has 2 heterocycles.